The molecule has 3 aromatic rings. The number of para-hydroxylation sites is 1. The minimum absolute atomic E-state index is 0.320. The van der Waals surface area contributed by atoms with E-state index in [1.54, 1.807) is 12.3 Å². The first-order chi connectivity index (χ1) is 14.7. The Morgan fingerprint density at radius 1 is 1.13 bits per heavy atom. The molecular formula is C23H24N6O. The number of nitrogens with zero attached hydrogens (tertiary/aromatic N) is 5. The Balaban J connectivity index is 1.48. The summed E-state index contributed by atoms with van der Waals surface area (Å²) in [6.07, 6.45) is 1.77. The normalized spacial score (nSPS) is 15.5. The van der Waals surface area contributed by atoms with Gasteiger partial charge in [-0.25, -0.2) is 4.98 Å². The monoisotopic (exact) mass is 400 g/mol. The number of piperazine rings is 1. The highest BCUT2D eigenvalue weighted by atomic mass is 16.1. The van der Waals surface area contributed by atoms with Gasteiger partial charge in [0.15, 0.2) is 5.92 Å². The Kier molecular flexibility index (Phi) is 5.87. The molecule has 1 aliphatic heterocycles. The van der Waals surface area contributed by atoms with Gasteiger partial charge in [-0.15, -0.1) is 0 Å². The lowest BCUT2D eigenvalue weighted by Gasteiger charge is -2.34. The van der Waals surface area contributed by atoms with E-state index in [1.165, 1.54) is 0 Å². The van der Waals surface area contributed by atoms with Crippen molar-refractivity contribution in [3.63, 3.8) is 0 Å². The van der Waals surface area contributed by atoms with Crippen molar-refractivity contribution in [2.45, 2.75) is 12.5 Å². The molecule has 1 aromatic carbocycles. The molecule has 0 bridgehead atoms. The van der Waals surface area contributed by atoms with Crippen LogP contribution in [0.25, 0.3) is 10.9 Å². The van der Waals surface area contributed by atoms with Crippen molar-refractivity contribution in [2.24, 2.45) is 0 Å². The zero-order chi connectivity index (χ0) is 20.9. The lowest BCUT2D eigenvalue weighted by atomic mass is 10.0. The number of fused-ring (bicyclic) bond motifs is 1. The number of carbonyl (C=O) groups excluding carboxylic acids is 1. The number of benzene rings is 1. The predicted octanol–water partition coefficient (Wildman–Crippen LogP) is 2.31. The maximum Gasteiger partial charge on any atom is 0.243 e. The number of hydrogen-bond donors (Lipinski definition) is 1. The van der Waals surface area contributed by atoms with Crippen LogP contribution in [0.5, 0.6) is 0 Å². The van der Waals surface area contributed by atoms with E-state index in [4.69, 9.17) is 0 Å². The number of aromatic nitrogens is 2. The maximum absolute atomic E-state index is 12.8. The smallest absolute Gasteiger partial charge is 0.243 e. The maximum atomic E-state index is 12.8. The lowest BCUT2D eigenvalue weighted by Crippen LogP contribution is -2.45. The van der Waals surface area contributed by atoms with Crippen molar-refractivity contribution >= 4 is 22.6 Å². The number of nitrogens with one attached hydrogen (secondary N) is 1. The second-order valence-electron chi connectivity index (χ2n) is 7.49. The number of pyridine rings is 2. The lowest BCUT2D eigenvalue weighted by molar-refractivity contribution is -0.121. The molecule has 7 heteroatoms. The van der Waals surface area contributed by atoms with E-state index < -0.39 is 5.92 Å². The number of amides is 1. The van der Waals surface area contributed by atoms with Gasteiger partial charge in [0.2, 0.25) is 5.91 Å². The van der Waals surface area contributed by atoms with E-state index in [0.29, 0.717) is 12.2 Å². The molecule has 0 saturated carbocycles. The molecule has 7 nitrogen and oxygen atoms in total. The Morgan fingerprint density at radius 3 is 2.73 bits per heavy atom. The molecule has 152 valence electrons. The van der Waals surface area contributed by atoms with Crippen molar-refractivity contribution in [2.75, 3.05) is 38.1 Å². The number of rotatable bonds is 5. The quantitative estimate of drug-likeness (QED) is 0.707. The first-order valence-corrected chi connectivity index (χ1v) is 10.1. The summed E-state index contributed by atoms with van der Waals surface area (Å²) in [6, 6.07) is 17.2. The van der Waals surface area contributed by atoms with Gasteiger partial charge in [0.25, 0.3) is 0 Å². The van der Waals surface area contributed by atoms with E-state index in [-0.39, 0.29) is 5.91 Å². The Hall–Kier alpha value is -3.50. The second kappa shape index (κ2) is 8.89. The van der Waals surface area contributed by atoms with E-state index in [1.807, 2.05) is 42.5 Å². The molecule has 1 atom stereocenters. The van der Waals surface area contributed by atoms with Gasteiger partial charge in [-0.2, -0.15) is 5.26 Å². The van der Waals surface area contributed by atoms with Gasteiger partial charge in [-0.1, -0.05) is 30.3 Å². The van der Waals surface area contributed by atoms with Gasteiger partial charge < -0.3 is 15.1 Å². The average molecular weight is 400 g/mol. The Labute approximate surface area is 176 Å². The van der Waals surface area contributed by atoms with Gasteiger partial charge in [-0.3, -0.25) is 9.78 Å². The van der Waals surface area contributed by atoms with Crippen LogP contribution in [0.1, 0.15) is 17.2 Å². The third-order valence-corrected chi connectivity index (χ3v) is 5.43. The predicted molar refractivity (Wildman–Crippen MR) is 116 cm³/mol. The fourth-order valence-electron chi connectivity index (χ4n) is 3.66. The first-order valence-electron chi connectivity index (χ1n) is 10.1. The van der Waals surface area contributed by atoms with Crippen molar-refractivity contribution in [3.8, 4) is 6.07 Å². The SMILES string of the molecule is CN1CCN(c2ncccc2CNC(=O)[C@H](C#N)c2ccc3ccccc3n2)CC1. The molecule has 0 radical (unpaired) electrons. The first kappa shape index (κ1) is 19.8. The molecule has 0 spiro atoms. The van der Waals surface area contributed by atoms with Crippen LogP contribution in [0.2, 0.25) is 0 Å². The Bertz CT molecular complexity index is 1080. The summed E-state index contributed by atoms with van der Waals surface area (Å²) in [5, 5.41) is 13.5. The number of carbonyl (C=O) groups is 1. The van der Waals surface area contributed by atoms with Crippen LogP contribution in [-0.2, 0) is 11.3 Å². The summed E-state index contributed by atoms with van der Waals surface area (Å²) >= 11 is 0. The molecular weight excluding hydrogens is 376 g/mol. The summed E-state index contributed by atoms with van der Waals surface area (Å²) < 4.78 is 0. The van der Waals surface area contributed by atoms with Crippen LogP contribution in [0.3, 0.4) is 0 Å². The summed E-state index contributed by atoms with van der Waals surface area (Å²) in [7, 11) is 2.11. The van der Waals surface area contributed by atoms with Crippen molar-refractivity contribution in [1.82, 2.24) is 20.2 Å². The molecule has 0 aliphatic carbocycles. The summed E-state index contributed by atoms with van der Waals surface area (Å²) in [6.45, 7) is 4.08. The van der Waals surface area contributed by atoms with E-state index in [2.05, 4.69) is 38.2 Å². The zero-order valence-electron chi connectivity index (χ0n) is 17.0. The molecule has 1 aliphatic rings. The largest absolute Gasteiger partial charge is 0.354 e. The molecule has 4 rings (SSSR count). The molecule has 1 saturated heterocycles. The van der Waals surface area contributed by atoms with E-state index >= 15 is 0 Å². The third kappa shape index (κ3) is 4.24. The van der Waals surface area contributed by atoms with Crippen LogP contribution >= 0.6 is 0 Å². The standard InChI is InChI=1S/C23H24N6O/c1-28-11-13-29(14-12-28)22-18(6-4-10-25-22)16-26-23(30)19(15-24)21-9-8-17-5-2-3-7-20(17)27-21/h2-10,19H,11-14,16H2,1H3,(H,26,30)/t19-/m1/s1. The summed E-state index contributed by atoms with van der Waals surface area (Å²) in [5.41, 5.74) is 2.17. The van der Waals surface area contributed by atoms with Crippen molar-refractivity contribution in [1.29, 1.82) is 5.26 Å². The third-order valence-electron chi connectivity index (χ3n) is 5.43. The second-order valence-corrected chi connectivity index (χ2v) is 7.49. The molecule has 1 N–H and O–H groups in total. The van der Waals surface area contributed by atoms with Gasteiger partial charge in [0, 0.05) is 49.9 Å². The highest BCUT2D eigenvalue weighted by molar-refractivity contribution is 5.87. The number of likely N-dealkylation sites (N-methyl/N-ethyl adjacent to an activating group) is 1. The van der Waals surface area contributed by atoms with Crippen LogP contribution in [-0.4, -0.2) is 54.0 Å². The minimum Gasteiger partial charge on any atom is -0.354 e. The topological polar surface area (TPSA) is 85.1 Å². The van der Waals surface area contributed by atoms with Crippen LogP contribution in [0.4, 0.5) is 5.82 Å². The molecule has 0 unspecified atom stereocenters. The summed E-state index contributed by atoms with van der Waals surface area (Å²) in [5.74, 6) is -0.421. The van der Waals surface area contributed by atoms with Gasteiger partial charge in [0.1, 0.15) is 5.82 Å². The zero-order valence-corrected chi connectivity index (χ0v) is 17.0. The van der Waals surface area contributed by atoms with Crippen LogP contribution in [0, 0.1) is 11.3 Å². The summed E-state index contributed by atoms with van der Waals surface area (Å²) in [4.78, 5) is 26.4. The fourth-order valence-corrected chi connectivity index (χ4v) is 3.66. The van der Waals surface area contributed by atoms with Crippen molar-refractivity contribution < 1.29 is 4.79 Å². The molecule has 3 heterocycles. The van der Waals surface area contributed by atoms with E-state index in [0.717, 1.165) is 48.5 Å². The number of hydrogen-bond acceptors (Lipinski definition) is 6. The number of anilines is 1. The minimum atomic E-state index is -0.960. The fraction of sp³-hybridized carbons (Fsp3) is 0.304. The highest BCUT2D eigenvalue weighted by Gasteiger charge is 2.23. The van der Waals surface area contributed by atoms with Crippen LogP contribution in [0.15, 0.2) is 54.7 Å². The average Bonchev–Trinajstić information content (AvgIpc) is 2.79. The van der Waals surface area contributed by atoms with Crippen molar-refractivity contribution in [3.05, 3.63) is 66.0 Å². The molecule has 30 heavy (non-hydrogen) atoms. The van der Waals surface area contributed by atoms with Crippen LogP contribution < -0.4 is 10.2 Å². The molecule has 2 aromatic heterocycles. The highest BCUT2D eigenvalue weighted by Crippen LogP contribution is 2.21. The van der Waals surface area contributed by atoms with Gasteiger partial charge >= 0.3 is 0 Å². The molecule has 1 amide bonds. The number of nitriles is 1. The van der Waals surface area contributed by atoms with E-state index in [9.17, 15) is 10.1 Å². The van der Waals surface area contributed by atoms with Gasteiger partial charge in [0.05, 0.1) is 17.3 Å². The van der Waals surface area contributed by atoms with Gasteiger partial charge in [-0.05, 0) is 25.2 Å². The Morgan fingerprint density at radius 2 is 1.93 bits per heavy atom. The molecule has 1 fully saturated rings.